The van der Waals surface area contributed by atoms with Gasteiger partial charge in [0, 0.05) is 17.7 Å². The maximum Gasteiger partial charge on any atom is 0.239 e. The normalized spacial score (nSPS) is 33.0. The minimum Gasteiger partial charge on any atom is -0.508 e. The number of fused-ring (bicyclic) bond motifs is 1. The summed E-state index contributed by atoms with van der Waals surface area (Å²) >= 11 is 0. The third-order valence-electron chi connectivity index (χ3n) is 7.29. The first-order valence-corrected chi connectivity index (χ1v) is 13.0. The summed E-state index contributed by atoms with van der Waals surface area (Å²) in [5, 5.41) is 101. The third kappa shape index (κ3) is 5.67. The van der Waals surface area contributed by atoms with Gasteiger partial charge < -0.3 is 74.4 Å². The van der Waals surface area contributed by atoms with Gasteiger partial charge in [0.1, 0.15) is 65.2 Å². The molecular weight excluding hydrogens is 580 g/mol. The Bertz CT molecular complexity index is 1540. The number of rotatable bonds is 6. The molecule has 2 saturated heterocycles. The van der Waals surface area contributed by atoms with E-state index in [-0.39, 0.29) is 11.1 Å². The van der Waals surface area contributed by atoms with Crippen LogP contribution in [0.3, 0.4) is 0 Å². The van der Waals surface area contributed by atoms with Crippen LogP contribution in [-0.4, -0.2) is 119 Å². The van der Waals surface area contributed by atoms with Gasteiger partial charge in [-0.15, -0.1) is 0 Å². The number of hydrogen-bond donors (Lipinski definition) is 10. The van der Waals surface area contributed by atoms with E-state index in [1.807, 2.05) is 0 Å². The van der Waals surface area contributed by atoms with Gasteiger partial charge in [0.25, 0.3) is 0 Å². The molecule has 43 heavy (non-hydrogen) atoms. The zero-order chi connectivity index (χ0) is 31.3. The van der Waals surface area contributed by atoms with Crippen molar-refractivity contribution in [3.63, 3.8) is 0 Å². The van der Waals surface area contributed by atoms with Gasteiger partial charge in [-0.25, -0.2) is 0 Å². The number of phenols is 4. The smallest absolute Gasteiger partial charge is 0.239 e. The molecule has 0 saturated carbocycles. The van der Waals surface area contributed by atoms with E-state index < -0.39 is 113 Å². The molecule has 3 heterocycles. The predicted molar refractivity (Wildman–Crippen MR) is 140 cm³/mol. The Balaban J connectivity index is 1.48. The molecule has 2 aliphatic heterocycles. The summed E-state index contributed by atoms with van der Waals surface area (Å²) in [4.78, 5) is 13.6. The van der Waals surface area contributed by atoms with Gasteiger partial charge in [0.05, 0.1) is 12.7 Å². The van der Waals surface area contributed by atoms with Gasteiger partial charge >= 0.3 is 0 Å². The summed E-state index contributed by atoms with van der Waals surface area (Å²) in [6.07, 6.45) is -16.2. The second kappa shape index (κ2) is 11.8. The zero-order valence-electron chi connectivity index (χ0n) is 22.3. The lowest BCUT2D eigenvalue weighted by atomic mass is 9.98. The van der Waals surface area contributed by atoms with E-state index in [0.29, 0.717) is 0 Å². The Morgan fingerprint density at radius 3 is 2.12 bits per heavy atom. The second-order valence-electron chi connectivity index (χ2n) is 10.3. The molecule has 2 aromatic carbocycles. The lowest BCUT2D eigenvalue weighted by Gasteiger charge is -2.42. The Labute approximate surface area is 241 Å². The summed E-state index contributed by atoms with van der Waals surface area (Å²) in [6.45, 7) is 0.818. The van der Waals surface area contributed by atoms with Gasteiger partial charge in [0.15, 0.2) is 23.5 Å². The summed E-state index contributed by atoms with van der Waals surface area (Å²) in [7, 11) is 0. The van der Waals surface area contributed by atoms with Crippen molar-refractivity contribution in [3.05, 3.63) is 40.6 Å². The molecule has 10 N–H and O–H groups in total. The number of aromatic hydroxyl groups is 4. The van der Waals surface area contributed by atoms with Gasteiger partial charge in [-0.2, -0.15) is 0 Å². The van der Waals surface area contributed by atoms with Crippen molar-refractivity contribution in [1.82, 2.24) is 0 Å². The van der Waals surface area contributed by atoms with Crippen LogP contribution >= 0.6 is 0 Å². The van der Waals surface area contributed by atoms with Crippen molar-refractivity contribution in [2.75, 3.05) is 6.61 Å². The van der Waals surface area contributed by atoms with Gasteiger partial charge in [0.2, 0.25) is 17.5 Å². The Morgan fingerprint density at radius 1 is 0.744 bits per heavy atom. The summed E-state index contributed by atoms with van der Waals surface area (Å²) < 4.78 is 27.8. The molecule has 0 unspecified atom stereocenters. The van der Waals surface area contributed by atoms with E-state index in [0.717, 1.165) is 24.3 Å². The lowest BCUT2D eigenvalue weighted by molar-refractivity contribution is -0.318. The summed E-state index contributed by atoms with van der Waals surface area (Å²) in [6, 6.07) is 5.24. The maximum atomic E-state index is 13.6. The highest BCUT2D eigenvalue weighted by Gasteiger charge is 2.47. The van der Waals surface area contributed by atoms with E-state index in [2.05, 4.69) is 0 Å². The second-order valence-corrected chi connectivity index (χ2v) is 10.3. The number of benzene rings is 2. The van der Waals surface area contributed by atoms with Gasteiger partial charge in [-0.05, 0) is 25.1 Å². The van der Waals surface area contributed by atoms with Crippen LogP contribution in [0.15, 0.2) is 39.5 Å². The molecule has 0 spiro atoms. The van der Waals surface area contributed by atoms with Crippen molar-refractivity contribution < 1.29 is 74.4 Å². The summed E-state index contributed by atoms with van der Waals surface area (Å²) in [5.74, 6) is -3.33. The third-order valence-corrected chi connectivity index (χ3v) is 7.29. The fourth-order valence-electron chi connectivity index (χ4n) is 4.84. The van der Waals surface area contributed by atoms with Gasteiger partial charge in [-0.1, -0.05) is 0 Å². The van der Waals surface area contributed by atoms with Crippen LogP contribution in [0.25, 0.3) is 22.3 Å². The molecule has 16 heteroatoms. The lowest BCUT2D eigenvalue weighted by Crippen LogP contribution is -2.61. The highest BCUT2D eigenvalue weighted by molar-refractivity contribution is 5.88. The molecule has 0 bridgehead atoms. The molecular formula is C27H30O16. The van der Waals surface area contributed by atoms with Crippen LogP contribution in [-0.2, 0) is 14.2 Å². The molecule has 2 aliphatic rings. The van der Waals surface area contributed by atoms with Crippen LogP contribution < -0.4 is 10.2 Å². The highest BCUT2D eigenvalue weighted by atomic mass is 16.7. The molecule has 2 fully saturated rings. The van der Waals surface area contributed by atoms with E-state index >= 15 is 0 Å². The van der Waals surface area contributed by atoms with Crippen molar-refractivity contribution in [3.8, 4) is 40.1 Å². The van der Waals surface area contributed by atoms with Crippen molar-refractivity contribution in [1.29, 1.82) is 0 Å². The fourth-order valence-corrected chi connectivity index (χ4v) is 4.84. The Hall–Kier alpha value is -3.71. The van der Waals surface area contributed by atoms with Crippen LogP contribution in [0.4, 0.5) is 0 Å². The number of phenolic OH excluding ortho intramolecular Hbond substituents is 4. The van der Waals surface area contributed by atoms with Crippen LogP contribution in [0.2, 0.25) is 0 Å². The fraction of sp³-hybridized carbons (Fsp3) is 0.444. The predicted octanol–water partition coefficient (Wildman–Crippen LogP) is -1.69. The number of aliphatic hydroxyl groups excluding tert-OH is 6. The van der Waals surface area contributed by atoms with Crippen LogP contribution in [0, 0.1) is 0 Å². The summed E-state index contributed by atoms with van der Waals surface area (Å²) in [5.41, 5.74) is -1.35. The zero-order valence-corrected chi connectivity index (χ0v) is 22.3. The topological polar surface area (TPSA) is 269 Å². The van der Waals surface area contributed by atoms with E-state index in [1.165, 1.54) is 13.0 Å². The van der Waals surface area contributed by atoms with Crippen LogP contribution in [0.1, 0.15) is 6.92 Å². The minimum absolute atomic E-state index is 0.0313. The Kier molecular flexibility index (Phi) is 8.41. The number of aliphatic hydroxyl groups is 6. The largest absolute Gasteiger partial charge is 0.508 e. The standard InChI is InChI=1S/C27H30O16/c1-8-17(32)20(35)22(37)26(40-8)39-7-15-18(33)21(36)23(38)27(42-15)43-25-19(34)16-13(31)5-10(28)6-14(16)41-24(25)9-2-3-11(29)12(30)4-9/h2-6,8,15,17-18,20-23,26-33,35-38H,7H2,1H3/t8-,15-,17+,18+,20-,21-,22-,23-,26+,27-/m0/s1. The SMILES string of the molecule is C[C@@H]1O[C@@H](OC[C@@H]2O[C@@H](Oc3c(-c4ccc(O)c(O)c4)oc4cc(O)cc(O)c4c3=O)[C@@H](O)[C@@H](O)[C@@H]2O)[C@@H](O)[C@@H](O)[C@@H]1O. The van der Waals surface area contributed by atoms with Crippen molar-refractivity contribution in [2.45, 2.75) is 68.3 Å². The molecule has 3 aromatic rings. The first-order valence-electron chi connectivity index (χ1n) is 13.0. The Morgan fingerprint density at radius 2 is 1.42 bits per heavy atom. The molecule has 16 nitrogen and oxygen atoms in total. The van der Waals surface area contributed by atoms with E-state index in [4.69, 9.17) is 23.4 Å². The number of hydrogen-bond acceptors (Lipinski definition) is 16. The highest BCUT2D eigenvalue weighted by Crippen LogP contribution is 2.39. The van der Waals surface area contributed by atoms with E-state index in [9.17, 15) is 55.9 Å². The first-order chi connectivity index (χ1) is 20.3. The monoisotopic (exact) mass is 610 g/mol. The molecule has 5 rings (SSSR count). The maximum absolute atomic E-state index is 13.6. The van der Waals surface area contributed by atoms with Gasteiger partial charge in [-0.3, -0.25) is 4.79 Å². The minimum atomic E-state index is -1.97. The molecule has 0 aliphatic carbocycles. The quantitative estimate of drug-likeness (QED) is 0.140. The van der Waals surface area contributed by atoms with E-state index in [1.54, 1.807) is 0 Å². The first kappa shape index (κ1) is 30.7. The average molecular weight is 611 g/mol. The molecule has 0 radical (unpaired) electrons. The van der Waals surface area contributed by atoms with Crippen LogP contribution in [0.5, 0.6) is 28.7 Å². The molecule has 10 atom stereocenters. The molecule has 1 aromatic heterocycles. The number of ether oxygens (including phenoxy) is 4. The molecule has 234 valence electrons. The van der Waals surface area contributed by atoms with Crippen molar-refractivity contribution in [2.24, 2.45) is 0 Å². The molecule has 0 amide bonds. The van der Waals surface area contributed by atoms with Crippen molar-refractivity contribution >= 4 is 11.0 Å². The average Bonchev–Trinajstić information content (AvgIpc) is 2.96.